The Hall–Kier alpha value is -1.28. The van der Waals surface area contributed by atoms with Crippen LogP contribution in [0.15, 0.2) is 36.9 Å². The van der Waals surface area contributed by atoms with E-state index < -0.39 is 5.97 Å². The van der Waals surface area contributed by atoms with Gasteiger partial charge >= 0.3 is 5.97 Å². The van der Waals surface area contributed by atoms with E-state index in [1.54, 1.807) is 12.1 Å². The molecule has 1 rings (SSSR count). The zero-order valence-electron chi connectivity index (χ0n) is 9.73. The third-order valence-corrected chi connectivity index (χ3v) is 3.22. The summed E-state index contributed by atoms with van der Waals surface area (Å²) in [4.78, 5) is 11.0. The molecule has 3 heteroatoms. The van der Waals surface area contributed by atoms with Crippen molar-refractivity contribution in [2.24, 2.45) is 5.92 Å². The Morgan fingerprint density at radius 3 is 2.76 bits per heavy atom. The molecular weight excluding hydrogens is 236 g/mol. The second-order valence-corrected chi connectivity index (χ2v) is 4.35. The molecule has 2 nitrogen and oxygen atoms in total. The Morgan fingerprint density at radius 2 is 2.18 bits per heavy atom. The zero-order valence-corrected chi connectivity index (χ0v) is 10.5. The van der Waals surface area contributed by atoms with Gasteiger partial charge in [-0.05, 0) is 36.8 Å². The van der Waals surface area contributed by atoms with Gasteiger partial charge in [-0.25, -0.2) is 4.79 Å². The van der Waals surface area contributed by atoms with E-state index in [2.05, 4.69) is 6.58 Å². The van der Waals surface area contributed by atoms with Crippen LogP contribution in [-0.2, 0) is 6.42 Å². The van der Waals surface area contributed by atoms with Crippen molar-refractivity contribution in [3.8, 4) is 0 Å². The van der Waals surface area contributed by atoms with Crippen molar-refractivity contribution in [1.82, 2.24) is 0 Å². The molecule has 0 aliphatic heterocycles. The van der Waals surface area contributed by atoms with Gasteiger partial charge in [0, 0.05) is 5.88 Å². The second-order valence-electron chi connectivity index (χ2n) is 4.05. The Morgan fingerprint density at radius 1 is 1.47 bits per heavy atom. The van der Waals surface area contributed by atoms with Crippen LogP contribution in [-0.4, -0.2) is 17.0 Å². The normalized spacial score (nSPS) is 12.1. The third-order valence-electron chi connectivity index (χ3n) is 2.79. The highest BCUT2D eigenvalue weighted by Gasteiger charge is 2.11. The number of alkyl halides is 1. The summed E-state index contributed by atoms with van der Waals surface area (Å²) >= 11 is 5.85. The molecule has 0 amide bonds. The number of halogens is 1. The summed E-state index contributed by atoms with van der Waals surface area (Å²) < 4.78 is 0. The number of hydrogen-bond acceptors (Lipinski definition) is 1. The SMILES string of the molecule is C=CCC(CCl)CCc1ccccc1C(=O)O. The minimum absolute atomic E-state index is 0.371. The molecule has 0 saturated heterocycles. The molecule has 0 aliphatic rings. The molecule has 0 saturated carbocycles. The predicted molar refractivity (Wildman–Crippen MR) is 70.7 cm³/mol. The molecule has 1 unspecified atom stereocenters. The Balaban J connectivity index is 2.68. The van der Waals surface area contributed by atoms with Crippen LogP contribution in [0, 0.1) is 5.92 Å². The van der Waals surface area contributed by atoms with Crippen molar-refractivity contribution in [1.29, 1.82) is 0 Å². The molecule has 17 heavy (non-hydrogen) atoms. The van der Waals surface area contributed by atoms with E-state index >= 15 is 0 Å². The van der Waals surface area contributed by atoms with E-state index in [0.29, 0.717) is 17.4 Å². The maximum Gasteiger partial charge on any atom is 0.335 e. The van der Waals surface area contributed by atoms with Crippen molar-refractivity contribution < 1.29 is 9.90 Å². The highest BCUT2D eigenvalue weighted by molar-refractivity contribution is 6.18. The Bertz CT molecular complexity index is 388. The van der Waals surface area contributed by atoms with Crippen LogP contribution in [0.25, 0.3) is 0 Å². The summed E-state index contributed by atoms with van der Waals surface area (Å²) in [6.45, 7) is 3.70. The molecule has 1 N–H and O–H groups in total. The summed E-state index contributed by atoms with van der Waals surface area (Å²) in [7, 11) is 0. The van der Waals surface area contributed by atoms with Crippen LogP contribution in [0.2, 0.25) is 0 Å². The van der Waals surface area contributed by atoms with Gasteiger partial charge in [-0.15, -0.1) is 18.2 Å². The average Bonchev–Trinajstić information content (AvgIpc) is 2.34. The lowest BCUT2D eigenvalue weighted by Crippen LogP contribution is -2.06. The molecule has 92 valence electrons. The molecule has 0 radical (unpaired) electrons. The summed E-state index contributed by atoms with van der Waals surface area (Å²) in [5.74, 6) is 0.0871. The predicted octanol–water partition coefficient (Wildman–Crippen LogP) is 3.75. The smallest absolute Gasteiger partial charge is 0.335 e. The number of carboxylic acids is 1. The maximum absolute atomic E-state index is 11.0. The van der Waals surface area contributed by atoms with Crippen LogP contribution in [0.4, 0.5) is 0 Å². The van der Waals surface area contributed by atoms with Crippen LogP contribution >= 0.6 is 11.6 Å². The quantitative estimate of drug-likeness (QED) is 0.593. The number of allylic oxidation sites excluding steroid dienone is 1. The molecule has 0 spiro atoms. The minimum Gasteiger partial charge on any atom is -0.478 e. The Labute approximate surface area is 107 Å². The molecule has 0 bridgehead atoms. The lowest BCUT2D eigenvalue weighted by molar-refractivity contribution is 0.0695. The van der Waals surface area contributed by atoms with Crippen molar-refractivity contribution in [3.63, 3.8) is 0 Å². The first-order valence-electron chi connectivity index (χ1n) is 5.67. The first kappa shape index (κ1) is 13.8. The first-order chi connectivity index (χ1) is 8.19. The number of aromatic carboxylic acids is 1. The summed E-state index contributed by atoms with van der Waals surface area (Å²) in [5.41, 5.74) is 1.26. The topological polar surface area (TPSA) is 37.3 Å². The van der Waals surface area contributed by atoms with E-state index in [9.17, 15) is 4.79 Å². The second kappa shape index (κ2) is 7.13. The van der Waals surface area contributed by atoms with Crippen LogP contribution in [0.1, 0.15) is 28.8 Å². The number of hydrogen-bond donors (Lipinski definition) is 1. The summed E-state index contributed by atoms with van der Waals surface area (Å²) in [6.07, 6.45) is 4.36. The van der Waals surface area contributed by atoms with E-state index in [4.69, 9.17) is 16.7 Å². The van der Waals surface area contributed by atoms with Gasteiger partial charge in [-0.3, -0.25) is 0 Å². The molecular formula is C14H17ClO2. The van der Waals surface area contributed by atoms with Gasteiger partial charge in [0.05, 0.1) is 5.56 Å². The largest absolute Gasteiger partial charge is 0.478 e. The van der Waals surface area contributed by atoms with E-state index in [1.807, 2.05) is 18.2 Å². The van der Waals surface area contributed by atoms with Gasteiger partial charge < -0.3 is 5.11 Å². The number of aryl methyl sites for hydroxylation is 1. The molecule has 0 heterocycles. The molecule has 0 aliphatic carbocycles. The number of carboxylic acid groups (broad SMARTS) is 1. The molecule has 0 aromatic heterocycles. The van der Waals surface area contributed by atoms with Gasteiger partial charge in [0.15, 0.2) is 0 Å². The monoisotopic (exact) mass is 252 g/mol. The fourth-order valence-corrected chi connectivity index (χ4v) is 2.08. The standard InChI is InChI=1S/C14H17ClO2/c1-2-5-11(10-15)8-9-12-6-3-4-7-13(12)14(16)17/h2-4,6-7,11H,1,5,8-10H2,(H,16,17). The average molecular weight is 253 g/mol. The van der Waals surface area contributed by atoms with Crippen molar-refractivity contribution in [3.05, 3.63) is 48.0 Å². The zero-order chi connectivity index (χ0) is 12.7. The van der Waals surface area contributed by atoms with E-state index in [0.717, 1.165) is 24.8 Å². The van der Waals surface area contributed by atoms with Gasteiger partial charge in [-0.1, -0.05) is 24.3 Å². The number of rotatable bonds is 7. The highest BCUT2D eigenvalue weighted by Crippen LogP contribution is 2.18. The Kier molecular flexibility index (Phi) is 5.78. The van der Waals surface area contributed by atoms with Gasteiger partial charge in [0.1, 0.15) is 0 Å². The minimum atomic E-state index is -0.869. The summed E-state index contributed by atoms with van der Waals surface area (Å²) in [5, 5.41) is 9.05. The fourth-order valence-electron chi connectivity index (χ4n) is 1.80. The van der Waals surface area contributed by atoms with Gasteiger partial charge in [0.2, 0.25) is 0 Å². The van der Waals surface area contributed by atoms with Crippen molar-refractivity contribution in [2.45, 2.75) is 19.3 Å². The molecule has 1 atom stereocenters. The first-order valence-corrected chi connectivity index (χ1v) is 6.20. The van der Waals surface area contributed by atoms with Gasteiger partial charge in [0.25, 0.3) is 0 Å². The number of carbonyl (C=O) groups is 1. The molecule has 1 aromatic carbocycles. The molecule has 1 aromatic rings. The van der Waals surface area contributed by atoms with Gasteiger partial charge in [-0.2, -0.15) is 0 Å². The van der Waals surface area contributed by atoms with Crippen LogP contribution in [0.5, 0.6) is 0 Å². The highest BCUT2D eigenvalue weighted by atomic mass is 35.5. The van der Waals surface area contributed by atoms with Crippen LogP contribution < -0.4 is 0 Å². The maximum atomic E-state index is 11.0. The van der Waals surface area contributed by atoms with E-state index in [1.165, 1.54) is 0 Å². The molecule has 0 fully saturated rings. The van der Waals surface area contributed by atoms with E-state index in [-0.39, 0.29) is 0 Å². The lowest BCUT2D eigenvalue weighted by atomic mass is 9.95. The lowest BCUT2D eigenvalue weighted by Gasteiger charge is -2.12. The third kappa shape index (κ3) is 4.23. The van der Waals surface area contributed by atoms with Crippen molar-refractivity contribution >= 4 is 17.6 Å². The summed E-state index contributed by atoms with van der Waals surface area (Å²) in [6, 6.07) is 7.12. The van der Waals surface area contributed by atoms with Crippen molar-refractivity contribution in [2.75, 3.05) is 5.88 Å². The number of benzene rings is 1. The van der Waals surface area contributed by atoms with Crippen LogP contribution in [0.3, 0.4) is 0 Å². The fraction of sp³-hybridized carbons (Fsp3) is 0.357.